The van der Waals surface area contributed by atoms with Gasteiger partial charge in [0.25, 0.3) is 0 Å². The predicted octanol–water partition coefficient (Wildman–Crippen LogP) is 4.78. The van der Waals surface area contributed by atoms with Crippen molar-refractivity contribution in [2.24, 2.45) is 0 Å². The number of nitrogens with one attached hydrogen (secondary N) is 1. The number of nitrogens with zero attached hydrogens (tertiary/aromatic N) is 3. The van der Waals surface area contributed by atoms with E-state index < -0.39 is 0 Å². The van der Waals surface area contributed by atoms with Gasteiger partial charge in [-0.1, -0.05) is 30.3 Å². The first-order valence-corrected chi connectivity index (χ1v) is 9.44. The fraction of sp³-hybridized carbons (Fsp3) is 0.167. The minimum absolute atomic E-state index is 0.815. The largest absolute Gasteiger partial charge is 0.369 e. The van der Waals surface area contributed by atoms with Crippen LogP contribution in [0.4, 0.5) is 5.82 Å². The quantitative estimate of drug-likeness (QED) is 0.562. The minimum Gasteiger partial charge on any atom is -0.369 e. The Hall–Kier alpha value is -2.31. The minimum atomic E-state index is 0.815. The molecule has 4 rings (SSSR count). The first-order valence-electron chi connectivity index (χ1n) is 7.74. The van der Waals surface area contributed by atoms with Gasteiger partial charge < -0.3 is 5.32 Å². The van der Waals surface area contributed by atoms with Crippen LogP contribution in [-0.2, 0) is 6.42 Å². The summed E-state index contributed by atoms with van der Waals surface area (Å²) in [4.78, 5) is 15.6. The van der Waals surface area contributed by atoms with Gasteiger partial charge in [0.05, 0.1) is 10.4 Å². The molecule has 0 amide bonds. The first kappa shape index (κ1) is 15.2. The molecule has 0 unspecified atom stereocenters. The molecule has 1 N–H and O–H groups in total. The zero-order valence-corrected chi connectivity index (χ0v) is 14.8. The third-order valence-electron chi connectivity index (χ3n) is 3.69. The summed E-state index contributed by atoms with van der Waals surface area (Å²) in [6.45, 7) is 2.84. The van der Waals surface area contributed by atoms with Gasteiger partial charge in [0, 0.05) is 28.9 Å². The van der Waals surface area contributed by atoms with E-state index in [1.807, 2.05) is 13.0 Å². The summed E-state index contributed by atoms with van der Waals surface area (Å²) in [5.74, 6) is 0.895. The molecule has 0 aliphatic heterocycles. The second-order valence-corrected chi connectivity index (χ2v) is 7.45. The van der Waals surface area contributed by atoms with Gasteiger partial charge in [-0.3, -0.25) is 0 Å². The smallest absolute Gasteiger partial charge is 0.138 e. The number of hydrogen-bond acceptors (Lipinski definition) is 6. The van der Waals surface area contributed by atoms with Crippen LogP contribution >= 0.6 is 22.7 Å². The van der Waals surface area contributed by atoms with Crippen molar-refractivity contribution < 1.29 is 0 Å². The normalized spacial score (nSPS) is 11.0. The maximum atomic E-state index is 4.50. The highest BCUT2D eigenvalue weighted by Gasteiger charge is 2.10. The second-order valence-electron chi connectivity index (χ2n) is 5.48. The molecule has 4 aromatic rings. The Morgan fingerprint density at radius 3 is 2.79 bits per heavy atom. The molecule has 0 aliphatic rings. The summed E-state index contributed by atoms with van der Waals surface area (Å²) in [6.07, 6.45) is 2.53. The maximum absolute atomic E-state index is 4.50. The van der Waals surface area contributed by atoms with Crippen molar-refractivity contribution in [3.05, 3.63) is 58.8 Å². The van der Waals surface area contributed by atoms with E-state index in [-0.39, 0.29) is 0 Å². The van der Waals surface area contributed by atoms with Crippen molar-refractivity contribution in [2.45, 2.75) is 13.3 Å². The Morgan fingerprint density at radius 2 is 2.00 bits per heavy atom. The van der Waals surface area contributed by atoms with Crippen LogP contribution in [0.1, 0.15) is 10.7 Å². The highest BCUT2D eigenvalue weighted by atomic mass is 32.1. The Morgan fingerprint density at radius 1 is 1.12 bits per heavy atom. The van der Waals surface area contributed by atoms with Gasteiger partial charge >= 0.3 is 0 Å². The van der Waals surface area contributed by atoms with Crippen molar-refractivity contribution >= 4 is 38.7 Å². The molecular weight excluding hydrogens is 336 g/mol. The molecule has 0 aliphatic carbocycles. The van der Waals surface area contributed by atoms with Crippen molar-refractivity contribution in [2.75, 3.05) is 11.9 Å². The molecule has 0 saturated heterocycles. The number of thiophene rings is 1. The molecule has 0 radical (unpaired) electrons. The van der Waals surface area contributed by atoms with E-state index in [2.05, 4.69) is 56.0 Å². The molecule has 1 aromatic carbocycles. The molecule has 0 spiro atoms. The maximum Gasteiger partial charge on any atom is 0.138 e. The summed E-state index contributed by atoms with van der Waals surface area (Å²) in [7, 11) is 0. The molecule has 120 valence electrons. The van der Waals surface area contributed by atoms with E-state index in [0.717, 1.165) is 39.7 Å². The van der Waals surface area contributed by atoms with Gasteiger partial charge in [0.1, 0.15) is 17.0 Å². The van der Waals surface area contributed by atoms with Crippen molar-refractivity contribution in [3.63, 3.8) is 0 Å². The molecule has 3 heterocycles. The molecule has 0 saturated carbocycles. The summed E-state index contributed by atoms with van der Waals surface area (Å²) >= 11 is 3.40. The molecule has 4 nitrogen and oxygen atoms in total. The zero-order chi connectivity index (χ0) is 16.4. The SMILES string of the molecule is Cc1csc(CCNc2ncnc3sc(-c4ccccc4)cc23)n1. The van der Waals surface area contributed by atoms with Gasteiger partial charge in [-0.25, -0.2) is 15.0 Å². The lowest BCUT2D eigenvalue weighted by Gasteiger charge is -2.04. The van der Waals surface area contributed by atoms with Crippen LogP contribution in [0, 0.1) is 6.92 Å². The average molecular weight is 352 g/mol. The standard InChI is InChI=1S/C18H16N4S2/c1-12-10-23-16(22-12)7-8-19-17-14-9-15(13-5-3-2-4-6-13)24-18(14)21-11-20-17/h2-6,9-11H,7-8H2,1H3,(H,19,20,21). The molecule has 0 fully saturated rings. The molecule has 3 aromatic heterocycles. The van der Waals surface area contributed by atoms with Gasteiger partial charge in [-0.2, -0.15) is 0 Å². The Balaban J connectivity index is 1.56. The highest BCUT2D eigenvalue weighted by Crippen LogP contribution is 2.34. The van der Waals surface area contributed by atoms with Crippen LogP contribution in [0.25, 0.3) is 20.7 Å². The molecular formula is C18H16N4S2. The highest BCUT2D eigenvalue weighted by molar-refractivity contribution is 7.21. The topological polar surface area (TPSA) is 50.7 Å². The van der Waals surface area contributed by atoms with Crippen molar-refractivity contribution in [3.8, 4) is 10.4 Å². The van der Waals surface area contributed by atoms with E-state index >= 15 is 0 Å². The van der Waals surface area contributed by atoms with E-state index in [1.165, 1.54) is 10.4 Å². The Labute approximate surface area is 148 Å². The van der Waals surface area contributed by atoms with Gasteiger partial charge in [-0.05, 0) is 18.6 Å². The van der Waals surface area contributed by atoms with E-state index in [9.17, 15) is 0 Å². The summed E-state index contributed by atoms with van der Waals surface area (Å²) < 4.78 is 0. The average Bonchev–Trinajstić information content (AvgIpc) is 3.22. The lowest BCUT2D eigenvalue weighted by Crippen LogP contribution is -2.06. The molecule has 0 bridgehead atoms. The Kier molecular flexibility index (Phi) is 4.23. The monoisotopic (exact) mass is 352 g/mol. The third-order valence-corrected chi connectivity index (χ3v) is 5.80. The van der Waals surface area contributed by atoms with Gasteiger partial charge in [0.2, 0.25) is 0 Å². The van der Waals surface area contributed by atoms with E-state index in [0.29, 0.717) is 0 Å². The molecule has 24 heavy (non-hydrogen) atoms. The van der Waals surface area contributed by atoms with Crippen molar-refractivity contribution in [1.29, 1.82) is 0 Å². The number of thiazole rings is 1. The first-order chi connectivity index (χ1) is 11.8. The van der Waals surface area contributed by atoms with Gasteiger partial charge in [-0.15, -0.1) is 22.7 Å². The van der Waals surface area contributed by atoms with Crippen LogP contribution in [0.2, 0.25) is 0 Å². The molecule has 6 heteroatoms. The Bertz CT molecular complexity index is 959. The summed E-state index contributed by atoms with van der Waals surface area (Å²) in [5, 5.41) is 7.75. The third kappa shape index (κ3) is 3.16. The fourth-order valence-electron chi connectivity index (χ4n) is 2.55. The number of anilines is 1. The number of rotatable bonds is 5. The van der Waals surface area contributed by atoms with Crippen LogP contribution < -0.4 is 5.32 Å². The lowest BCUT2D eigenvalue weighted by atomic mass is 10.2. The number of fused-ring (bicyclic) bond motifs is 1. The van der Waals surface area contributed by atoms with Crippen molar-refractivity contribution in [1.82, 2.24) is 15.0 Å². The van der Waals surface area contributed by atoms with Crippen LogP contribution in [-0.4, -0.2) is 21.5 Å². The molecule has 0 atom stereocenters. The predicted molar refractivity (Wildman–Crippen MR) is 102 cm³/mol. The van der Waals surface area contributed by atoms with Crippen LogP contribution in [0.15, 0.2) is 48.1 Å². The zero-order valence-electron chi connectivity index (χ0n) is 13.2. The number of hydrogen-bond donors (Lipinski definition) is 1. The van der Waals surface area contributed by atoms with E-state index in [1.54, 1.807) is 29.0 Å². The number of aryl methyl sites for hydroxylation is 1. The number of aromatic nitrogens is 3. The fourth-order valence-corrected chi connectivity index (χ4v) is 4.33. The second kappa shape index (κ2) is 6.67. The number of benzene rings is 1. The van der Waals surface area contributed by atoms with Gasteiger partial charge in [0.15, 0.2) is 0 Å². The van der Waals surface area contributed by atoms with Crippen LogP contribution in [0.5, 0.6) is 0 Å². The summed E-state index contributed by atoms with van der Waals surface area (Å²) in [6, 6.07) is 12.6. The summed E-state index contributed by atoms with van der Waals surface area (Å²) in [5.41, 5.74) is 2.30. The lowest BCUT2D eigenvalue weighted by molar-refractivity contribution is 0.978. The van der Waals surface area contributed by atoms with E-state index in [4.69, 9.17) is 0 Å². The van der Waals surface area contributed by atoms with Crippen LogP contribution in [0.3, 0.4) is 0 Å².